The average Bonchev–Trinajstić information content (AvgIpc) is 2.84. The van der Waals surface area contributed by atoms with Gasteiger partial charge in [0, 0.05) is 12.2 Å². The van der Waals surface area contributed by atoms with Crippen molar-refractivity contribution in [3.63, 3.8) is 0 Å². The van der Waals surface area contributed by atoms with E-state index >= 15 is 0 Å². The van der Waals surface area contributed by atoms with Crippen LogP contribution in [0.3, 0.4) is 0 Å². The topological polar surface area (TPSA) is 136 Å². The van der Waals surface area contributed by atoms with Gasteiger partial charge in [0.15, 0.2) is 6.04 Å². The largest absolute Gasteiger partial charge is 0.367 e. The van der Waals surface area contributed by atoms with Crippen molar-refractivity contribution in [2.24, 2.45) is 17.4 Å². The number of hydrogen-bond donors (Lipinski definition) is 3. The summed E-state index contributed by atoms with van der Waals surface area (Å²) < 4.78 is 0. The molecule has 8 nitrogen and oxygen atoms in total. The zero-order valence-electron chi connectivity index (χ0n) is 13.5. The summed E-state index contributed by atoms with van der Waals surface area (Å²) in [5.74, 6) is -4.22. The summed E-state index contributed by atoms with van der Waals surface area (Å²) in [6.07, 6.45) is 0.280. The van der Waals surface area contributed by atoms with Gasteiger partial charge in [-0.25, -0.2) is 0 Å². The quantitative estimate of drug-likeness (QED) is 0.603. The minimum absolute atomic E-state index is 0.280. The summed E-state index contributed by atoms with van der Waals surface area (Å²) in [6.45, 7) is 4.22. The van der Waals surface area contributed by atoms with Gasteiger partial charge in [-0.2, -0.15) is 0 Å². The lowest BCUT2D eigenvalue weighted by Gasteiger charge is -2.19. The zero-order chi connectivity index (χ0) is 18.0. The van der Waals surface area contributed by atoms with Crippen molar-refractivity contribution in [3.8, 4) is 0 Å². The number of hydrogen-bond acceptors (Lipinski definition) is 4. The van der Waals surface area contributed by atoms with E-state index in [0.29, 0.717) is 12.2 Å². The second kappa shape index (κ2) is 6.69. The Kier molecular flexibility index (Phi) is 4.87. The van der Waals surface area contributed by atoms with E-state index in [-0.39, 0.29) is 12.3 Å². The minimum atomic E-state index is -1.62. The van der Waals surface area contributed by atoms with Crippen LogP contribution in [0.1, 0.15) is 17.5 Å². The predicted molar refractivity (Wildman–Crippen MR) is 86.7 cm³/mol. The molecule has 4 amide bonds. The first kappa shape index (κ1) is 17.5. The fourth-order valence-corrected chi connectivity index (χ4v) is 2.81. The number of nitrogens with one attached hydrogen (secondary N) is 1. The standard InChI is InChI=1S/C16H20N4O4/c1-8-5-9(2)7-10(6-8)20-4-3-11(16(20)24)15(23)19-12(13(17)21)14(18)22/h5-7,11-12H,3-4H2,1-2H3,(H2,17,21)(H2,18,22)(H,19,23)/t11-/m1/s1. The summed E-state index contributed by atoms with van der Waals surface area (Å²) >= 11 is 0. The number of carbonyl (C=O) groups is 4. The molecule has 0 aromatic heterocycles. The van der Waals surface area contributed by atoms with Gasteiger partial charge in [-0.1, -0.05) is 6.07 Å². The first-order valence-corrected chi connectivity index (χ1v) is 7.49. The fourth-order valence-electron chi connectivity index (χ4n) is 2.81. The number of aryl methyl sites for hydroxylation is 2. The number of amides is 4. The van der Waals surface area contributed by atoms with Crippen molar-refractivity contribution in [2.45, 2.75) is 26.3 Å². The molecule has 1 fully saturated rings. The number of carbonyl (C=O) groups excluding carboxylic acids is 4. The average molecular weight is 332 g/mol. The van der Waals surface area contributed by atoms with Gasteiger partial charge in [0.05, 0.1) is 0 Å². The van der Waals surface area contributed by atoms with Crippen LogP contribution in [-0.2, 0) is 19.2 Å². The van der Waals surface area contributed by atoms with Crippen LogP contribution in [0, 0.1) is 19.8 Å². The van der Waals surface area contributed by atoms with Crippen LogP contribution in [0.4, 0.5) is 5.69 Å². The normalized spacial score (nSPS) is 17.2. The van der Waals surface area contributed by atoms with E-state index in [1.807, 2.05) is 32.0 Å². The first-order chi connectivity index (χ1) is 11.2. The molecule has 0 radical (unpaired) electrons. The molecule has 128 valence electrons. The first-order valence-electron chi connectivity index (χ1n) is 7.49. The molecule has 1 aromatic rings. The van der Waals surface area contributed by atoms with Gasteiger partial charge >= 0.3 is 0 Å². The van der Waals surface area contributed by atoms with Crippen LogP contribution >= 0.6 is 0 Å². The third kappa shape index (κ3) is 3.53. The van der Waals surface area contributed by atoms with E-state index in [1.165, 1.54) is 4.90 Å². The molecule has 1 heterocycles. The van der Waals surface area contributed by atoms with Crippen LogP contribution in [-0.4, -0.2) is 36.2 Å². The molecule has 1 saturated heterocycles. The summed E-state index contributed by atoms with van der Waals surface area (Å²) in [6, 6.07) is 4.08. The number of primary amides is 2. The van der Waals surface area contributed by atoms with Gasteiger partial charge in [0.25, 0.3) is 0 Å². The molecule has 1 aromatic carbocycles. The van der Waals surface area contributed by atoms with Gasteiger partial charge in [-0.15, -0.1) is 0 Å². The molecule has 0 aliphatic carbocycles. The summed E-state index contributed by atoms with van der Waals surface area (Å²) in [7, 11) is 0. The fraction of sp³-hybridized carbons (Fsp3) is 0.375. The van der Waals surface area contributed by atoms with Gasteiger partial charge < -0.3 is 21.7 Å². The number of anilines is 1. The Morgan fingerprint density at radius 2 is 1.67 bits per heavy atom. The molecule has 1 aliphatic rings. The van der Waals surface area contributed by atoms with Crippen molar-refractivity contribution in [1.82, 2.24) is 5.32 Å². The monoisotopic (exact) mass is 332 g/mol. The van der Waals surface area contributed by atoms with E-state index in [2.05, 4.69) is 5.32 Å². The van der Waals surface area contributed by atoms with E-state index < -0.39 is 29.7 Å². The number of nitrogens with two attached hydrogens (primary N) is 2. The maximum absolute atomic E-state index is 12.5. The maximum atomic E-state index is 12.5. The Bertz CT molecular complexity index is 682. The van der Waals surface area contributed by atoms with Crippen LogP contribution in [0.2, 0.25) is 0 Å². The molecule has 24 heavy (non-hydrogen) atoms. The van der Waals surface area contributed by atoms with Crippen molar-refractivity contribution in [3.05, 3.63) is 29.3 Å². The highest BCUT2D eigenvalue weighted by Crippen LogP contribution is 2.27. The Morgan fingerprint density at radius 1 is 1.12 bits per heavy atom. The highest BCUT2D eigenvalue weighted by molar-refractivity contribution is 6.12. The Balaban J connectivity index is 2.14. The lowest BCUT2D eigenvalue weighted by molar-refractivity contribution is -0.138. The van der Waals surface area contributed by atoms with Gasteiger partial charge in [-0.3, -0.25) is 19.2 Å². The lowest BCUT2D eigenvalue weighted by Crippen LogP contribution is -2.54. The lowest BCUT2D eigenvalue weighted by atomic mass is 10.1. The van der Waals surface area contributed by atoms with Crippen molar-refractivity contribution < 1.29 is 19.2 Å². The number of benzene rings is 1. The molecule has 5 N–H and O–H groups in total. The molecule has 1 aliphatic heterocycles. The third-order valence-electron chi connectivity index (χ3n) is 3.90. The summed E-state index contributed by atoms with van der Waals surface area (Å²) in [5, 5.41) is 2.15. The van der Waals surface area contributed by atoms with E-state index in [1.54, 1.807) is 0 Å². The molecule has 0 unspecified atom stereocenters. The number of nitrogens with zero attached hydrogens (tertiary/aromatic N) is 1. The molecular formula is C16H20N4O4. The maximum Gasteiger partial charge on any atom is 0.249 e. The third-order valence-corrected chi connectivity index (χ3v) is 3.90. The summed E-state index contributed by atoms with van der Waals surface area (Å²) in [5.41, 5.74) is 12.8. The van der Waals surface area contributed by atoms with Crippen LogP contribution in [0.5, 0.6) is 0 Å². The molecular weight excluding hydrogens is 312 g/mol. The Hall–Kier alpha value is -2.90. The number of rotatable bonds is 5. The van der Waals surface area contributed by atoms with Gasteiger partial charge in [0.2, 0.25) is 23.6 Å². The molecule has 0 saturated carbocycles. The smallest absolute Gasteiger partial charge is 0.249 e. The van der Waals surface area contributed by atoms with E-state index in [9.17, 15) is 19.2 Å². The zero-order valence-corrected chi connectivity index (χ0v) is 13.5. The van der Waals surface area contributed by atoms with E-state index in [4.69, 9.17) is 11.5 Å². The highest BCUT2D eigenvalue weighted by atomic mass is 16.2. The molecule has 8 heteroatoms. The predicted octanol–water partition coefficient (Wildman–Crippen LogP) is -0.888. The van der Waals surface area contributed by atoms with Crippen molar-refractivity contribution in [2.75, 3.05) is 11.4 Å². The molecule has 0 spiro atoms. The van der Waals surface area contributed by atoms with Crippen molar-refractivity contribution >= 4 is 29.3 Å². The van der Waals surface area contributed by atoms with Crippen LogP contribution in [0.15, 0.2) is 18.2 Å². The van der Waals surface area contributed by atoms with Crippen LogP contribution < -0.4 is 21.7 Å². The van der Waals surface area contributed by atoms with E-state index in [0.717, 1.165) is 11.1 Å². The highest BCUT2D eigenvalue weighted by Gasteiger charge is 2.39. The summed E-state index contributed by atoms with van der Waals surface area (Å²) in [4.78, 5) is 48.5. The SMILES string of the molecule is Cc1cc(C)cc(N2CC[C@H](C(=O)NC(C(N)=O)C(N)=O)C2=O)c1. The van der Waals surface area contributed by atoms with Crippen molar-refractivity contribution in [1.29, 1.82) is 0 Å². The van der Waals surface area contributed by atoms with Gasteiger partial charge in [-0.05, 0) is 43.5 Å². The second-order valence-electron chi connectivity index (χ2n) is 5.92. The Morgan fingerprint density at radius 3 is 2.17 bits per heavy atom. The van der Waals surface area contributed by atoms with Crippen LogP contribution in [0.25, 0.3) is 0 Å². The second-order valence-corrected chi connectivity index (χ2v) is 5.92. The minimum Gasteiger partial charge on any atom is -0.367 e. The molecule has 2 rings (SSSR count). The van der Waals surface area contributed by atoms with Gasteiger partial charge in [0.1, 0.15) is 5.92 Å². The molecule has 0 bridgehead atoms. The Labute approximate surface area is 139 Å². The molecule has 1 atom stereocenters.